The molecule has 1 heterocycles. The molecule has 2 unspecified atom stereocenters. The van der Waals surface area contributed by atoms with Gasteiger partial charge in [0.15, 0.2) is 0 Å². The van der Waals surface area contributed by atoms with Gasteiger partial charge in [-0.25, -0.2) is 0 Å². The van der Waals surface area contributed by atoms with E-state index < -0.39 is 18.8 Å². The molecule has 4 nitrogen and oxygen atoms in total. The second-order valence-electron chi connectivity index (χ2n) is 4.89. The molecular formula is C14H15F3N2O2. The highest BCUT2D eigenvalue weighted by Crippen LogP contribution is 2.37. The molecule has 0 spiro atoms. The highest BCUT2D eigenvalue weighted by atomic mass is 19.4. The fraction of sp³-hybridized carbons (Fsp3) is 0.500. The number of hydrogen-bond acceptors (Lipinski definition) is 4. The molecule has 21 heavy (non-hydrogen) atoms. The fourth-order valence-corrected chi connectivity index (χ4v) is 2.30. The van der Waals surface area contributed by atoms with E-state index in [1.54, 1.807) is 12.1 Å². The minimum absolute atomic E-state index is 0.00336. The van der Waals surface area contributed by atoms with E-state index in [1.807, 2.05) is 13.0 Å². The fourth-order valence-electron chi connectivity index (χ4n) is 2.30. The molecule has 7 heteroatoms. The maximum absolute atomic E-state index is 12.3. The molecule has 0 aromatic heterocycles. The van der Waals surface area contributed by atoms with Crippen LogP contribution in [0.2, 0.25) is 0 Å². The Morgan fingerprint density at radius 1 is 1.52 bits per heavy atom. The molecule has 0 aliphatic carbocycles. The van der Waals surface area contributed by atoms with Gasteiger partial charge in [0.25, 0.3) is 0 Å². The molecule has 0 saturated heterocycles. The highest BCUT2D eigenvalue weighted by molar-refractivity contribution is 5.51. The Kier molecular flexibility index (Phi) is 4.28. The van der Waals surface area contributed by atoms with Crippen molar-refractivity contribution in [3.8, 4) is 17.6 Å². The Morgan fingerprint density at radius 2 is 2.24 bits per heavy atom. The third-order valence-corrected chi connectivity index (χ3v) is 3.20. The zero-order valence-corrected chi connectivity index (χ0v) is 11.6. The van der Waals surface area contributed by atoms with Crippen LogP contribution in [0.15, 0.2) is 12.1 Å². The predicted molar refractivity (Wildman–Crippen MR) is 69.2 cm³/mol. The lowest BCUT2D eigenvalue weighted by molar-refractivity contribution is -0.125. The summed E-state index contributed by atoms with van der Waals surface area (Å²) in [4.78, 5) is 0. The molecular weight excluding hydrogens is 285 g/mol. The van der Waals surface area contributed by atoms with Crippen LogP contribution in [0.4, 0.5) is 13.2 Å². The summed E-state index contributed by atoms with van der Waals surface area (Å²) in [6.45, 7) is 0.651. The smallest absolute Gasteiger partial charge is 0.401 e. The Bertz CT molecular complexity index is 567. The van der Waals surface area contributed by atoms with Crippen molar-refractivity contribution in [2.75, 3.05) is 13.7 Å². The number of nitriles is 1. The minimum atomic E-state index is -4.38. The van der Waals surface area contributed by atoms with E-state index in [1.165, 1.54) is 7.11 Å². The SMILES string of the molecule is COc1cc2c(cc1C(C#N)NCC(F)(F)F)OC(C)C2. The van der Waals surface area contributed by atoms with Crippen molar-refractivity contribution in [2.45, 2.75) is 31.7 Å². The van der Waals surface area contributed by atoms with Gasteiger partial charge in [0.2, 0.25) is 0 Å². The van der Waals surface area contributed by atoms with Crippen molar-refractivity contribution in [3.63, 3.8) is 0 Å². The van der Waals surface area contributed by atoms with Crippen molar-refractivity contribution in [1.82, 2.24) is 5.32 Å². The van der Waals surface area contributed by atoms with Crippen LogP contribution in [-0.4, -0.2) is 25.9 Å². The van der Waals surface area contributed by atoms with Crippen LogP contribution in [-0.2, 0) is 6.42 Å². The van der Waals surface area contributed by atoms with E-state index in [9.17, 15) is 13.2 Å². The number of halogens is 3. The van der Waals surface area contributed by atoms with Gasteiger partial charge in [-0.3, -0.25) is 5.32 Å². The first-order valence-electron chi connectivity index (χ1n) is 6.41. The summed E-state index contributed by atoms with van der Waals surface area (Å²) < 4.78 is 47.6. The number of rotatable bonds is 4. The summed E-state index contributed by atoms with van der Waals surface area (Å²) >= 11 is 0. The number of nitrogens with one attached hydrogen (secondary N) is 1. The summed E-state index contributed by atoms with van der Waals surface area (Å²) in [6.07, 6.45) is -3.67. The molecule has 0 bridgehead atoms. The van der Waals surface area contributed by atoms with Gasteiger partial charge in [-0.05, 0) is 19.1 Å². The van der Waals surface area contributed by atoms with E-state index in [0.717, 1.165) is 5.56 Å². The van der Waals surface area contributed by atoms with Crippen LogP contribution in [0.5, 0.6) is 11.5 Å². The second kappa shape index (κ2) is 5.82. The molecule has 1 aromatic carbocycles. The van der Waals surface area contributed by atoms with Gasteiger partial charge in [-0.1, -0.05) is 0 Å². The minimum Gasteiger partial charge on any atom is -0.496 e. The first-order chi connectivity index (χ1) is 9.84. The quantitative estimate of drug-likeness (QED) is 0.929. The van der Waals surface area contributed by atoms with E-state index in [4.69, 9.17) is 14.7 Å². The van der Waals surface area contributed by atoms with Crippen LogP contribution in [0.25, 0.3) is 0 Å². The van der Waals surface area contributed by atoms with Gasteiger partial charge >= 0.3 is 6.18 Å². The van der Waals surface area contributed by atoms with Gasteiger partial charge in [0.05, 0.1) is 19.7 Å². The lowest BCUT2D eigenvalue weighted by Gasteiger charge is -2.17. The van der Waals surface area contributed by atoms with E-state index in [-0.39, 0.29) is 6.10 Å². The zero-order chi connectivity index (χ0) is 15.6. The molecule has 0 amide bonds. The van der Waals surface area contributed by atoms with Crippen LogP contribution in [0.1, 0.15) is 24.1 Å². The van der Waals surface area contributed by atoms with Crippen LogP contribution >= 0.6 is 0 Å². The predicted octanol–water partition coefficient (Wildman–Crippen LogP) is 2.74. The van der Waals surface area contributed by atoms with Crippen LogP contribution in [0, 0.1) is 11.3 Å². The summed E-state index contributed by atoms with van der Waals surface area (Å²) in [7, 11) is 1.42. The Hall–Kier alpha value is -1.94. The van der Waals surface area contributed by atoms with Gasteiger partial charge < -0.3 is 9.47 Å². The van der Waals surface area contributed by atoms with E-state index >= 15 is 0 Å². The molecule has 2 atom stereocenters. The van der Waals surface area contributed by atoms with Gasteiger partial charge in [-0.15, -0.1) is 0 Å². The monoisotopic (exact) mass is 300 g/mol. The molecule has 1 aromatic rings. The standard InChI is InChI=1S/C14H15F3N2O2/c1-8-3-9-4-13(20-2)10(5-12(9)21-8)11(6-18)19-7-14(15,16)17/h4-5,8,11,19H,3,7H2,1-2H3. The molecule has 0 radical (unpaired) electrons. The number of benzene rings is 1. The number of alkyl halides is 3. The maximum Gasteiger partial charge on any atom is 0.401 e. The normalized spacial score (nSPS) is 18.6. The second-order valence-corrected chi connectivity index (χ2v) is 4.89. The topological polar surface area (TPSA) is 54.3 Å². The Labute approximate surface area is 120 Å². The first kappa shape index (κ1) is 15.4. The van der Waals surface area contributed by atoms with Crippen molar-refractivity contribution < 1.29 is 22.6 Å². The van der Waals surface area contributed by atoms with E-state index in [2.05, 4.69) is 5.32 Å². The number of ether oxygens (including phenoxy) is 2. The molecule has 1 N–H and O–H groups in total. The summed E-state index contributed by atoms with van der Waals surface area (Å²) in [5, 5.41) is 11.3. The molecule has 114 valence electrons. The Morgan fingerprint density at radius 3 is 2.81 bits per heavy atom. The number of nitrogens with zero attached hydrogens (tertiary/aromatic N) is 1. The average Bonchev–Trinajstić information content (AvgIpc) is 2.76. The van der Waals surface area contributed by atoms with E-state index in [0.29, 0.717) is 23.5 Å². The molecule has 0 fully saturated rings. The summed E-state index contributed by atoms with van der Waals surface area (Å²) in [5.41, 5.74) is 1.27. The maximum atomic E-state index is 12.3. The van der Waals surface area contributed by atoms with Crippen molar-refractivity contribution in [1.29, 1.82) is 5.26 Å². The highest BCUT2D eigenvalue weighted by Gasteiger charge is 2.30. The van der Waals surface area contributed by atoms with Gasteiger partial charge in [0.1, 0.15) is 23.6 Å². The van der Waals surface area contributed by atoms with Crippen LogP contribution in [0.3, 0.4) is 0 Å². The molecule has 1 aliphatic heterocycles. The van der Waals surface area contributed by atoms with Crippen molar-refractivity contribution in [3.05, 3.63) is 23.3 Å². The number of hydrogen-bond donors (Lipinski definition) is 1. The Balaban J connectivity index is 2.29. The summed E-state index contributed by atoms with van der Waals surface area (Å²) in [6, 6.07) is 4.00. The first-order valence-corrected chi connectivity index (χ1v) is 6.41. The van der Waals surface area contributed by atoms with Crippen molar-refractivity contribution >= 4 is 0 Å². The molecule has 0 saturated carbocycles. The van der Waals surface area contributed by atoms with Gasteiger partial charge in [-0.2, -0.15) is 18.4 Å². The lowest BCUT2D eigenvalue weighted by atomic mass is 10.0. The number of fused-ring (bicyclic) bond motifs is 1. The third kappa shape index (κ3) is 3.58. The molecule has 1 aliphatic rings. The zero-order valence-electron chi connectivity index (χ0n) is 11.6. The van der Waals surface area contributed by atoms with Crippen LogP contribution < -0.4 is 14.8 Å². The lowest BCUT2D eigenvalue weighted by Crippen LogP contribution is -2.31. The molecule has 2 rings (SSSR count). The number of methoxy groups -OCH3 is 1. The third-order valence-electron chi connectivity index (χ3n) is 3.20. The van der Waals surface area contributed by atoms with Gasteiger partial charge in [0, 0.05) is 17.5 Å². The van der Waals surface area contributed by atoms with Crippen molar-refractivity contribution in [2.24, 2.45) is 0 Å². The summed E-state index contributed by atoms with van der Waals surface area (Å²) in [5.74, 6) is 0.972. The largest absolute Gasteiger partial charge is 0.496 e. The average molecular weight is 300 g/mol.